The Hall–Kier alpha value is -3.55. The van der Waals surface area contributed by atoms with Gasteiger partial charge >= 0.3 is 5.97 Å². The van der Waals surface area contributed by atoms with Crippen LogP contribution in [0.2, 0.25) is 0 Å². The van der Waals surface area contributed by atoms with Crippen molar-refractivity contribution < 1.29 is 38.6 Å². The fourth-order valence-electron chi connectivity index (χ4n) is 6.94. The van der Waals surface area contributed by atoms with Crippen LogP contribution in [0.15, 0.2) is 30.3 Å². The van der Waals surface area contributed by atoms with Crippen molar-refractivity contribution in [2.45, 2.75) is 123 Å². The molecule has 1 fully saturated rings. The van der Waals surface area contributed by atoms with Crippen molar-refractivity contribution in [2.75, 3.05) is 27.8 Å². The number of hydrogen-bond acceptors (Lipinski definition) is 8. The molecule has 1 aliphatic rings. The fraction of sp³-hybridized carbons (Fsp3) is 0.711. The Kier molecular flexibility index (Phi) is 17.5. The molecule has 1 aromatic rings. The second-order valence-electron chi connectivity index (χ2n) is 14.7. The van der Waals surface area contributed by atoms with Crippen LogP contribution >= 0.6 is 0 Å². The number of rotatable bonds is 20. The van der Waals surface area contributed by atoms with E-state index in [0.717, 1.165) is 5.56 Å². The molecule has 288 valence electrons. The fourth-order valence-corrected chi connectivity index (χ4v) is 6.94. The molecule has 0 unspecified atom stereocenters. The van der Waals surface area contributed by atoms with Crippen molar-refractivity contribution in [3.8, 4) is 0 Å². The SMILES string of the molecule is CC[C@H](C)[C@@H]([C@@H](CC(=O)N1CCC[C@H]1[C@H](OC)[C@H](C)C(=O)N[C@@H](Cc1ccccc1)C(=O)O)OC)N(C)C(=O)[C@@H](NC(=O)[C@@H](N)C(C)C)C(C)C. The van der Waals surface area contributed by atoms with E-state index in [4.69, 9.17) is 15.2 Å². The van der Waals surface area contributed by atoms with Gasteiger partial charge in [-0.3, -0.25) is 19.2 Å². The lowest BCUT2D eigenvalue weighted by molar-refractivity contribution is -0.148. The van der Waals surface area contributed by atoms with Crippen molar-refractivity contribution in [3.05, 3.63) is 35.9 Å². The molecule has 13 nitrogen and oxygen atoms in total. The van der Waals surface area contributed by atoms with Crippen molar-refractivity contribution in [2.24, 2.45) is 29.4 Å². The number of carbonyl (C=O) groups excluding carboxylic acids is 4. The number of ether oxygens (including phenoxy) is 2. The molecular formula is C38H63N5O8. The average molecular weight is 718 g/mol. The summed E-state index contributed by atoms with van der Waals surface area (Å²) in [5, 5.41) is 15.4. The Balaban J connectivity index is 2.25. The predicted octanol–water partition coefficient (Wildman–Crippen LogP) is 2.84. The first kappa shape index (κ1) is 43.6. The van der Waals surface area contributed by atoms with Crippen molar-refractivity contribution in [3.63, 3.8) is 0 Å². The maximum absolute atomic E-state index is 14.1. The zero-order valence-corrected chi connectivity index (χ0v) is 32.3. The van der Waals surface area contributed by atoms with Crippen LogP contribution < -0.4 is 16.4 Å². The molecule has 9 atom stereocenters. The summed E-state index contributed by atoms with van der Waals surface area (Å²) in [5.74, 6) is -3.63. The average Bonchev–Trinajstić information content (AvgIpc) is 3.59. The minimum absolute atomic E-state index is 0.0221. The van der Waals surface area contributed by atoms with E-state index >= 15 is 0 Å². The zero-order chi connectivity index (χ0) is 38.6. The van der Waals surface area contributed by atoms with Crippen LogP contribution in [0.4, 0.5) is 0 Å². The highest BCUT2D eigenvalue weighted by atomic mass is 16.5. The summed E-state index contributed by atoms with van der Waals surface area (Å²) in [5.41, 5.74) is 6.87. The third kappa shape index (κ3) is 11.7. The second-order valence-corrected chi connectivity index (χ2v) is 14.7. The summed E-state index contributed by atoms with van der Waals surface area (Å²) in [6.07, 6.45) is 0.766. The number of hydrogen-bond donors (Lipinski definition) is 4. The van der Waals surface area contributed by atoms with E-state index in [-0.39, 0.29) is 42.4 Å². The number of carboxylic acid groups (broad SMARTS) is 1. The molecule has 4 amide bonds. The van der Waals surface area contributed by atoms with E-state index in [1.807, 2.05) is 71.9 Å². The molecular weight excluding hydrogens is 654 g/mol. The third-order valence-electron chi connectivity index (χ3n) is 10.4. The van der Waals surface area contributed by atoms with Gasteiger partial charge in [-0.1, -0.05) is 85.2 Å². The molecule has 13 heteroatoms. The molecule has 1 aliphatic heterocycles. The van der Waals surface area contributed by atoms with Crippen LogP contribution in [-0.2, 0) is 39.9 Å². The van der Waals surface area contributed by atoms with Gasteiger partial charge in [0.05, 0.1) is 42.7 Å². The number of nitrogens with one attached hydrogen (secondary N) is 2. The molecule has 1 heterocycles. The Morgan fingerprint density at radius 2 is 1.59 bits per heavy atom. The van der Waals surface area contributed by atoms with Crippen LogP contribution in [0, 0.1) is 23.7 Å². The Morgan fingerprint density at radius 1 is 0.961 bits per heavy atom. The van der Waals surface area contributed by atoms with Crippen LogP contribution in [0.5, 0.6) is 0 Å². The molecule has 0 spiro atoms. The molecule has 0 aromatic heterocycles. The van der Waals surface area contributed by atoms with Crippen LogP contribution in [0.3, 0.4) is 0 Å². The van der Waals surface area contributed by atoms with Gasteiger partial charge in [-0.2, -0.15) is 0 Å². The minimum atomic E-state index is -1.14. The number of methoxy groups -OCH3 is 2. The Morgan fingerprint density at radius 3 is 2.10 bits per heavy atom. The molecule has 0 aliphatic carbocycles. The first-order valence-corrected chi connectivity index (χ1v) is 18.2. The summed E-state index contributed by atoms with van der Waals surface area (Å²) < 4.78 is 11.8. The monoisotopic (exact) mass is 717 g/mol. The summed E-state index contributed by atoms with van der Waals surface area (Å²) in [4.78, 5) is 69.8. The van der Waals surface area contributed by atoms with Gasteiger partial charge < -0.3 is 40.7 Å². The summed E-state index contributed by atoms with van der Waals surface area (Å²) in [7, 11) is 4.69. The maximum Gasteiger partial charge on any atom is 0.326 e. The van der Waals surface area contributed by atoms with Crippen molar-refractivity contribution >= 4 is 29.6 Å². The van der Waals surface area contributed by atoms with Gasteiger partial charge in [0.1, 0.15) is 12.1 Å². The van der Waals surface area contributed by atoms with Gasteiger partial charge in [-0.15, -0.1) is 0 Å². The van der Waals surface area contributed by atoms with Gasteiger partial charge in [-0.05, 0) is 36.2 Å². The van der Waals surface area contributed by atoms with Gasteiger partial charge in [-0.25, -0.2) is 4.79 Å². The van der Waals surface area contributed by atoms with Crippen LogP contribution in [0.25, 0.3) is 0 Å². The molecule has 1 aromatic carbocycles. The minimum Gasteiger partial charge on any atom is -0.480 e. The van der Waals surface area contributed by atoms with E-state index in [0.29, 0.717) is 25.8 Å². The Labute approximate surface area is 304 Å². The molecule has 51 heavy (non-hydrogen) atoms. The molecule has 0 radical (unpaired) electrons. The van der Waals surface area contributed by atoms with Gasteiger partial charge in [0.2, 0.25) is 23.6 Å². The summed E-state index contributed by atoms with van der Waals surface area (Å²) >= 11 is 0. The van der Waals surface area contributed by atoms with Gasteiger partial charge in [0.25, 0.3) is 0 Å². The highest BCUT2D eigenvalue weighted by Gasteiger charge is 2.43. The number of carbonyl (C=O) groups is 5. The lowest BCUT2D eigenvalue weighted by Gasteiger charge is -2.41. The van der Waals surface area contributed by atoms with Crippen molar-refractivity contribution in [1.82, 2.24) is 20.4 Å². The second kappa shape index (κ2) is 20.5. The van der Waals surface area contributed by atoms with E-state index in [1.165, 1.54) is 14.2 Å². The lowest BCUT2D eigenvalue weighted by Crippen LogP contribution is -2.59. The number of benzene rings is 1. The molecule has 1 saturated heterocycles. The third-order valence-corrected chi connectivity index (χ3v) is 10.4. The number of aliphatic carboxylic acids is 1. The van der Waals surface area contributed by atoms with E-state index < -0.39 is 66.1 Å². The number of nitrogens with two attached hydrogens (primary N) is 1. The normalized spacial score (nSPS) is 19.4. The quantitative estimate of drug-likeness (QED) is 0.158. The first-order valence-electron chi connectivity index (χ1n) is 18.2. The van der Waals surface area contributed by atoms with E-state index in [1.54, 1.807) is 23.8 Å². The van der Waals surface area contributed by atoms with E-state index in [2.05, 4.69) is 10.6 Å². The standard InChI is InChI=1S/C38H63N5O8/c1-11-24(6)33(42(8)37(47)32(23(4)5)41-36(46)31(39)22(2)3)29(50-9)21-30(44)43-19-15-18-28(43)34(51-10)25(7)35(45)40-27(38(48)49)20-26-16-13-12-14-17-26/h12-14,16-17,22-25,27-29,31-34H,11,15,18-21,39H2,1-10H3,(H,40,45)(H,41,46)(H,48,49)/t24-,25-,27-,28-,29+,31-,32-,33-,34+/m0/s1. The highest BCUT2D eigenvalue weighted by Crippen LogP contribution is 2.29. The van der Waals surface area contributed by atoms with E-state index in [9.17, 15) is 29.1 Å². The van der Waals surface area contributed by atoms with Gasteiger partial charge in [0, 0.05) is 34.2 Å². The predicted molar refractivity (Wildman–Crippen MR) is 195 cm³/mol. The molecule has 0 saturated carbocycles. The molecule has 2 rings (SSSR count). The first-order chi connectivity index (χ1) is 24.0. The van der Waals surface area contributed by atoms with Crippen molar-refractivity contribution in [1.29, 1.82) is 0 Å². The molecule has 5 N–H and O–H groups in total. The number of nitrogens with zero attached hydrogens (tertiary/aromatic N) is 2. The Bertz CT molecular complexity index is 1290. The topological polar surface area (TPSA) is 181 Å². The summed E-state index contributed by atoms with van der Waals surface area (Å²) in [6, 6.07) is 5.45. The maximum atomic E-state index is 14.1. The number of carboxylic acids is 1. The van der Waals surface area contributed by atoms with Crippen LogP contribution in [-0.4, -0.2) is 115 Å². The van der Waals surface area contributed by atoms with Crippen LogP contribution in [0.1, 0.15) is 79.7 Å². The number of likely N-dealkylation sites (N-methyl/N-ethyl adjacent to an activating group) is 1. The largest absolute Gasteiger partial charge is 0.480 e. The highest BCUT2D eigenvalue weighted by molar-refractivity contribution is 5.90. The number of amides is 4. The number of likely N-dealkylation sites (tertiary alicyclic amines) is 1. The van der Waals surface area contributed by atoms with Gasteiger partial charge in [0.15, 0.2) is 0 Å². The molecule has 0 bridgehead atoms. The smallest absolute Gasteiger partial charge is 0.326 e. The lowest BCUT2D eigenvalue weighted by atomic mass is 9.89. The summed E-state index contributed by atoms with van der Waals surface area (Å²) in [6.45, 7) is 13.6. The zero-order valence-electron chi connectivity index (χ0n) is 32.3.